The molecule has 0 spiro atoms. The van der Waals surface area contributed by atoms with Gasteiger partial charge in [0.05, 0.1) is 19.3 Å². The zero-order valence-electron chi connectivity index (χ0n) is 9.37. The first-order chi connectivity index (χ1) is 8.02. The Bertz CT molecular complexity index is 420. The van der Waals surface area contributed by atoms with Crippen molar-refractivity contribution in [3.63, 3.8) is 0 Å². The molecule has 1 atom stereocenters. The van der Waals surface area contributed by atoms with Crippen LogP contribution in [0.15, 0.2) is 12.1 Å². The Hall–Kier alpha value is -1.53. The van der Waals surface area contributed by atoms with Crippen molar-refractivity contribution in [3.8, 4) is 0 Å². The highest BCUT2D eigenvalue weighted by atomic mass is 19.1. The minimum atomic E-state index is -1.99. The fourth-order valence-electron chi connectivity index (χ4n) is 1.36. The van der Waals surface area contributed by atoms with E-state index >= 15 is 0 Å². The summed E-state index contributed by atoms with van der Waals surface area (Å²) in [4.78, 5) is 11.0. The molecule has 1 aromatic carbocycles. The molecule has 0 amide bonds. The van der Waals surface area contributed by atoms with Gasteiger partial charge in [0.2, 0.25) is 0 Å². The molecule has 1 unspecified atom stereocenters. The molecule has 0 bridgehead atoms. The van der Waals surface area contributed by atoms with Crippen LogP contribution in [0, 0.1) is 11.6 Å². The second-order valence-corrected chi connectivity index (χ2v) is 3.29. The smallest absolute Gasteiger partial charge is 0.339 e. The third-order valence-electron chi connectivity index (χ3n) is 2.20. The second-order valence-electron chi connectivity index (χ2n) is 3.29. The van der Waals surface area contributed by atoms with Crippen molar-refractivity contribution in [2.45, 2.75) is 12.7 Å². The van der Waals surface area contributed by atoms with E-state index in [9.17, 15) is 18.7 Å². The van der Waals surface area contributed by atoms with Crippen LogP contribution in [0.3, 0.4) is 0 Å². The predicted molar refractivity (Wildman–Crippen MR) is 54.0 cm³/mol. The van der Waals surface area contributed by atoms with E-state index in [1.54, 1.807) is 0 Å². The Morgan fingerprint density at radius 2 is 2.06 bits per heavy atom. The first-order valence-corrected chi connectivity index (χ1v) is 4.74. The normalized spacial score (nSPS) is 12.3. The summed E-state index contributed by atoms with van der Waals surface area (Å²) < 4.78 is 36.1. The van der Waals surface area contributed by atoms with Crippen molar-refractivity contribution < 1.29 is 28.2 Å². The summed E-state index contributed by atoms with van der Waals surface area (Å²) in [5.74, 6) is -3.15. The van der Waals surface area contributed by atoms with E-state index in [0.29, 0.717) is 0 Å². The second kappa shape index (κ2) is 5.70. The molecule has 17 heavy (non-hydrogen) atoms. The molecular formula is C11H12F2O4. The lowest BCUT2D eigenvalue weighted by molar-refractivity contribution is -0.151. The Morgan fingerprint density at radius 1 is 1.41 bits per heavy atom. The first kappa shape index (κ1) is 13.5. The predicted octanol–water partition coefficient (Wildman–Crippen LogP) is 1.32. The Balaban J connectivity index is 3.21. The number of esters is 1. The molecule has 0 aliphatic heterocycles. The van der Waals surface area contributed by atoms with E-state index in [1.165, 1.54) is 13.2 Å². The van der Waals surface area contributed by atoms with E-state index in [4.69, 9.17) is 4.74 Å². The van der Waals surface area contributed by atoms with Crippen LogP contribution in [0.5, 0.6) is 0 Å². The number of hydrogen-bond donors (Lipinski definition) is 1. The van der Waals surface area contributed by atoms with Crippen molar-refractivity contribution in [2.75, 3.05) is 14.2 Å². The number of hydrogen-bond acceptors (Lipinski definition) is 4. The molecule has 4 nitrogen and oxygen atoms in total. The van der Waals surface area contributed by atoms with E-state index in [0.717, 1.165) is 13.2 Å². The van der Waals surface area contributed by atoms with Gasteiger partial charge in [-0.15, -0.1) is 0 Å². The lowest BCUT2D eigenvalue weighted by Gasteiger charge is -2.13. The molecule has 1 rings (SSSR count). The standard InChI is InChI=1S/C11H12F2O4/c1-16-5-6-3-4-7(12)8(9(6)13)10(14)11(15)17-2/h3-4,10,14H,5H2,1-2H3. The van der Waals surface area contributed by atoms with Crippen molar-refractivity contribution in [1.29, 1.82) is 0 Å². The molecule has 0 aromatic heterocycles. The third-order valence-corrected chi connectivity index (χ3v) is 2.20. The van der Waals surface area contributed by atoms with Crippen LogP contribution in [0.25, 0.3) is 0 Å². The monoisotopic (exact) mass is 246 g/mol. The highest BCUT2D eigenvalue weighted by Crippen LogP contribution is 2.24. The van der Waals surface area contributed by atoms with Gasteiger partial charge in [0, 0.05) is 12.7 Å². The van der Waals surface area contributed by atoms with Gasteiger partial charge in [-0.2, -0.15) is 0 Å². The van der Waals surface area contributed by atoms with Gasteiger partial charge in [-0.1, -0.05) is 6.07 Å². The summed E-state index contributed by atoms with van der Waals surface area (Å²) in [5.41, 5.74) is -0.682. The van der Waals surface area contributed by atoms with Gasteiger partial charge in [0.1, 0.15) is 11.6 Å². The number of carbonyl (C=O) groups is 1. The number of methoxy groups -OCH3 is 2. The summed E-state index contributed by atoms with van der Waals surface area (Å²) in [6.07, 6.45) is -1.99. The largest absolute Gasteiger partial charge is 0.467 e. The molecule has 0 aliphatic rings. The van der Waals surface area contributed by atoms with Crippen molar-refractivity contribution in [2.24, 2.45) is 0 Å². The first-order valence-electron chi connectivity index (χ1n) is 4.74. The van der Waals surface area contributed by atoms with Gasteiger partial charge >= 0.3 is 5.97 Å². The zero-order valence-corrected chi connectivity index (χ0v) is 9.37. The molecule has 1 N–H and O–H groups in total. The molecule has 0 aliphatic carbocycles. The van der Waals surface area contributed by atoms with Crippen LogP contribution in [0.4, 0.5) is 8.78 Å². The van der Waals surface area contributed by atoms with Gasteiger partial charge in [0.15, 0.2) is 6.10 Å². The minimum absolute atomic E-state index is 0.0480. The fraction of sp³-hybridized carbons (Fsp3) is 0.364. The molecule has 94 valence electrons. The van der Waals surface area contributed by atoms with Crippen LogP contribution in [0.2, 0.25) is 0 Å². The highest BCUT2D eigenvalue weighted by molar-refractivity contribution is 5.76. The molecule has 0 heterocycles. The summed E-state index contributed by atoms with van der Waals surface area (Å²) in [6.45, 7) is -0.0903. The van der Waals surface area contributed by atoms with Crippen LogP contribution in [-0.4, -0.2) is 25.3 Å². The third kappa shape index (κ3) is 2.78. The maximum Gasteiger partial charge on any atom is 0.339 e. The molecule has 0 fully saturated rings. The number of carbonyl (C=O) groups excluding carboxylic acids is 1. The maximum atomic E-state index is 13.8. The highest BCUT2D eigenvalue weighted by Gasteiger charge is 2.27. The average Bonchev–Trinajstić information content (AvgIpc) is 2.32. The quantitative estimate of drug-likeness (QED) is 0.814. The van der Waals surface area contributed by atoms with Gasteiger partial charge in [-0.25, -0.2) is 13.6 Å². The zero-order chi connectivity index (χ0) is 13.0. The van der Waals surface area contributed by atoms with Crippen LogP contribution in [0.1, 0.15) is 17.2 Å². The lowest BCUT2D eigenvalue weighted by atomic mass is 10.0. The molecular weight excluding hydrogens is 234 g/mol. The minimum Gasteiger partial charge on any atom is -0.467 e. The number of aliphatic hydroxyl groups excluding tert-OH is 1. The molecule has 0 saturated heterocycles. The van der Waals surface area contributed by atoms with Gasteiger partial charge in [-0.05, 0) is 6.07 Å². The summed E-state index contributed by atoms with van der Waals surface area (Å²) in [7, 11) is 2.36. The molecule has 0 saturated carbocycles. The average molecular weight is 246 g/mol. The number of benzene rings is 1. The fourth-order valence-corrected chi connectivity index (χ4v) is 1.36. The topological polar surface area (TPSA) is 55.8 Å². The molecule has 0 radical (unpaired) electrons. The van der Waals surface area contributed by atoms with E-state index in [1.807, 2.05) is 0 Å². The SMILES string of the molecule is COCc1ccc(F)c(C(O)C(=O)OC)c1F. The van der Waals surface area contributed by atoms with E-state index < -0.39 is 29.3 Å². The van der Waals surface area contributed by atoms with E-state index in [-0.39, 0.29) is 12.2 Å². The summed E-state index contributed by atoms with van der Waals surface area (Å²) >= 11 is 0. The van der Waals surface area contributed by atoms with Crippen molar-refractivity contribution in [3.05, 3.63) is 34.9 Å². The van der Waals surface area contributed by atoms with Gasteiger partial charge in [0.25, 0.3) is 0 Å². The Kier molecular flexibility index (Phi) is 4.53. The number of halogens is 2. The van der Waals surface area contributed by atoms with Gasteiger partial charge in [-0.3, -0.25) is 0 Å². The van der Waals surface area contributed by atoms with Gasteiger partial charge < -0.3 is 14.6 Å². The Labute approximate surface area is 96.8 Å². The summed E-state index contributed by atoms with van der Waals surface area (Å²) in [5, 5.41) is 9.45. The summed E-state index contributed by atoms with van der Waals surface area (Å²) in [6, 6.07) is 2.14. The maximum absolute atomic E-state index is 13.8. The Morgan fingerprint density at radius 3 is 2.59 bits per heavy atom. The number of rotatable bonds is 4. The molecule has 6 heteroatoms. The van der Waals surface area contributed by atoms with Crippen LogP contribution < -0.4 is 0 Å². The van der Waals surface area contributed by atoms with Crippen molar-refractivity contribution >= 4 is 5.97 Å². The van der Waals surface area contributed by atoms with Crippen molar-refractivity contribution in [1.82, 2.24) is 0 Å². The van der Waals surface area contributed by atoms with E-state index in [2.05, 4.69) is 4.74 Å². The number of aliphatic hydroxyl groups is 1. The molecule has 1 aromatic rings. The number of ether oxygens (including phenoxy) is 2. The lowest BCUT2D eigenvalue weighted by Crippen LogP contribution is -2.17. The van der Waals surface area contributed by atoms with Crippen LogP contribution in [-0.2, 0) is 20.9 Å². The van der Waals surface area contributed by atoms with Crippen LogP contribution >= 0.6 is 0 Å².